The normalized spacial score (nSPS) is 10.7. The van der Waals surface area contributed by atoms with Crippen molar-refractivity contribution in [2.75, 3.05) is 59.5 Å². The van der Waals surface area contributed by atoms with E-state index in [9.17, 15) is 69.5 Å². The fraction of sp³-hybridized carbons (Fsp3) is 0.330. The third-order valence-corrected chi connectivity index (χ3v) is 18.7. The fourth-order valence-corrected chi connectivity index (χ4v) is 11.8. The van der Waals surface area contributed by atoms with Gasteiger partial charge in [0, 0.05) is 30.4 Å². The fourth-order valence-electron chi connectivity index (χ4n) is 11.8. The summed E-state index contributed by atoms with van der Waals surface area (Å²) in [6.07, 6.45) is 12.4. The van der Waals surface area contributed by atoms with E-state index in [4.69, 9.17) is 61.6 Å². The number of aryl methyl sites for hydroxylation is 2. The molecule has 0 bridgehead atoms. The third-order valence-electron chi connectivity index (χ3n) is 18.7. The number of hydrogen-bond donors (Lipinski definition) is 0. The maximum absolute atomic E-state index is 14.3. The van der Waals surface area contributed by atoms with E-state index in [-0.39, 0.29) is 30.3 Å². The highest BCUT2D eigenvalue weighted by atomic mass is 19.4. The Morgan fingerprint density at radius 1 is 0.258 bits per heavy atom. The van der Waals surface area contributed by atoms with Crippen LogP contribution in [-0.2, 0) is 66.4 Å². The number of ether oxygens (including phenoxy) is 13. The van der Waals surface area contributed by atoms with Crippen LogP contribution in [-0.4, -0.2) is 113 Å². The van der Waals surface area contributed by atoms with Crippen molar-refractivity contribution in [3.8, 4) is 57.1 Å². The Balaban J connectivity index is 0.000000317. The van der Waals surface area contributed by atoms with Gasteiger partial charge < -0.3 is 61.6 Å². The number of esters is 9. The number of hydrogen-bond acceptors (Lipinski definition) is 22. The molecular formula is C100H108F6O22. The second-order valence-electron chi connectivity index (χ2n) is 28.6. The molecule has 0 aromatic heterocycles. The Labute approximate surface area is 741 Å². The maximum Gasteiger partial charge on any atom is 0.420 e. The van der Waals surface area contributed by atoms with Crippen LogP contribution in [0.1, 0.15) is 192 Å². The molecule has 0 radical (unpaired) electrons. The molecule has 0 saturated carbocycles. The summed E-state index contributed by atoms with van der Waals surface area (Å²) in [6, 6.07) is 48.0. The number of rotatable bonds is 53. The lowest BCUT2D eigenvalue weighted by atomic mass is 10.0. The van der Waals surface area contributed by atoms with E-state index in [1.807, 2.05) is 0 Å². The first-order valence-electron chi connectivity index (χ1n) is 42.0. The summed E-state index contributed by atoms with van der Waals surface area (Å²) in [5.41, 5.74) is 0.654. The molecule has 28 heteroatoms. The minimum absolute atomic E-state index is 0.263. The molecule has 8 aromatic carbocycles. The van der Waals surface area contributed by atoms with Crippen molar-refractivity contribution in [2.45, 2.75) is 154 Å². The quantitative estimate of drug-likeness (QED) is 0.00855. The minimum Gasteiger partial charge on any atom is -0.494 e. The molecule has 0 heterocycles. The van der Waals surface area contributed by atoms with Crippen LogP contribution < -0.4 is 37.9 Å². The molecule has 0 N–H and O–H groups in total. The highest BCUT2D eigenvalue weighted by Crippen LogP contribution is 2.49. The molecule has 0 atom stereocenters. The van der Waals surface area contributed by atoms with E-state index < -0.39 is 82.7 Å². The molecule has 0 amide bonds. The lowest BCUT2D eigenvalue weighted by Crippen LogP contribution is -2.22. The Morgan fingerprint density at radius 2 is 0.477 bits per heavy atom. The molecule has 8 rings (SSSR count). The predicted octanol–water partition coefficient (Wildman–Crippen LogP) is 22.5. The first kappa shape index (κ1) is 103. The highest BCUT2D eigenvalue weighted by Gasteiger charge is 2.49. The van der Waals surface area contributed by atoms with Gasteiger partial charge in [0.05, 0.1) is 81.7 Å². The Morgan fingerprint density at radius 3 is 0.719 bits per heavy atom. The standard InChI is InChI=1S/C40H40F6O10.C38H42O10.C22H26O2/c1-3-33(47)53-25-11-7-5-9-23-51-29-17-13-27(14-18-29)37(49)55-31-21-22-32(36(40(44,45)46)35(31)39(41,42)43)56-38(50)28-15-19-30(20-16-28)52-24-10-6-8-12-26-54-34(48)4-2;1-3-35(39)45-27-11-7-5-9-25-43-31-17-13-29(14-18-31)37(41)47-33-21-23-34(24-22-33)48-38(42)30-15-19-32(20-16-30)44-26-10-6-8-12-28-46-36(40)4-2;1-3-22(23)24-17-7-5-4-6-8-19-11-15-21(16-12-19)20-13-9-18(2)10-14-20/h3-4,13-22H,1-2,5-12,23-26H2;3-4,13-24H,1-2,5-12,25-28H2;3,9-16H,1,4-8,17H2,2H3. The van der Waals surface area contributed by atoms with E-state index in [2.05, 4.69) is 88.3 Å². The zero-order valence-electron chi connectivity index (χ0n) is 71.7. The molecule has 0 unspecified atom stereocenters. The van der Waals surface area contributed by atoms with E-state index in [1.165, 1.54) is 83.3 Å². The van der Waals surface area contributed by atoms with Crippen molar-refractivity contribution in [1.29, 1.82) is 0 Å². The van der Waals surface area contributed by atoms with Crippen LogP contribution in [0.4, 0.5) is 26.3 Å². The zero-order valence-corrected chi connectivity index (χ0v) is 71.7. The molecule has 0 saturated heterocycles. The average Bonchev–Trinajstić information content (AvgIpc) is 0.756. The zero-order chi connectivity index (χ0) is 92.7. The number of unbranched alkanes of at least 4 members (excludes halogenated alkanes) is 15. The summed E-state index contributed by atoms with van der Waals surface area (Å²) in [6.45, 7) is 22.3. The van der Waals surface area contributed by atoms with Crippen molar-refractivity contribution >= 4 is 53.7 Å². The van der Waals surface area contributed by atoms with Gasteiger partial charge in [0.1, 0.15) is 57.1 Å². The lowest BCUT2D eigenvalue weighted by molar-refractivity contribution is -0.163. The monoisotopic (exact) mass is 1770 g/mol. The summed E-state index contributed by atoms with van der Waals surface area (Å²) in [7, 11) is 0. The van der Waals surface area contributed by atoms with Gasteiger partial charge in [0.2, 0.25) is 0 Å². The van der Waals surface area contributed by atoms with Gasteiger partial charge in [-0.1, -0.05) is 99.8 Å². The summed E-state index contributed by atoms with van der Waals surface area (Å²) in [4.78, 5) is 106. The number of halogens is 6. The number of carbonyl (C=O) groups excluding carboxylic acids is 9. The lowest BCUT2D eigenvalue weighted by Gasteiger charge is -2.21. The number of alkyl halides is 6. The summed E-state index contributed by atoms with van der Waals surface area (Å²) < 4.78 is 153. The largest absolute Gasteiger partial charge is 0.494 e. The van der Waals surface area contributed by atoms with Crippen LogP contribution in [0, 0.1) is 6.92 Å². The van der Waals surface area contributed by atoms with E-state index in [1.54, 1.807) is 72.8 Å². The summed E-state index contributed by atoms with van der Waals surface area (Å²) in [5.74, 6) is -6.34. The van der Waals surface area contributed by atoms with Crippen molar-refractivity contribution in [3.05, 3.63) is 290 Å². The van der Waals surface area contributed by atoms with Crippen molar-refractivity contribution in [3.63, 3.8) is 0 Å². The van der Waals surface area contributed by atoms with Crippen LogP contribution in [0.15, 0.2) is 245 Å². The third kappa shape index (κ3) is 40.6. The van der Waals surface area contributed by atoms with Gasteiger partial charge in [0.25, 0.3) is 0 Å². The molecular weight excluding hydrogens is 1670 g/mol. The number of benzene rings is 8. The molecule has 682 valence electrons. The summed E-state index contributed by atoms with van der Waals surface area (Å²) in [5, 5.41) is 0. The van der Waals surface area contributed by atoms with Crippen molar-refractivity contribution in [1.82, 2.24) is 0 Å². The molecule has 0 fully saturated rings. The second-order valence-corrected chi connectivity index (χ2v) is 28.6. The SMILES string of the molecule is C=CC(=O)OCCCCCCOc1ccc(C(=O)Oc2ccc(OC(=O)c3ccc(OCCCCCCOC(=O)C=C)cc3)c(C(F)(F)F)c2C(F)(F)F)cc1.C=CC(=O)OCCCCCCOc1ccc(C(=O)Oc2ccc(OC(=O)c3ccc(OCCCCCCOC(=O)C=C)cc3)cc2)cc1.C=CC(=O)OCCCCCCc1ccc(-c2ccc(C)cc2)cc1. The summed E-state index contributed by atoms with van der Waals surface area (Å²) >= 11 is 0. The molecule has 0 spiro atoms. The first-order valence-corrected chi connectivity index (χ1v) is 42.0. The van der Waals surface area contributed by atoms with Crippen LogP contribution >= 0.6 is 0 Å². The topological polar surface area (TPSA) is 274 Å². The van der Waals surface area contributed by atoms with Crippen molar-refractivity contribution in [2.24, 2.45) is 0 Å². The predicted molar refractivity (Wildman–Crippen MR) is 469 cm³/mol. The highest BCUT2D eigenvalue weighted by molar-refractivity contribution is 5.94. The van der Waals surface area contributed by atoms with Crippen LogP contribution in [0.2, 0.25) is 0 Å². The van der Waals surface area contributed by atoms with E-state index >= 15 is 0 Å². The van der Waals surface area contributed by atoms with Crippen LogP contribution in [0.3, 0.4) is 0 Å². The molecule has 0 aliphatic carbocycles. The van der Waals surface area contributed by atoms with Crippen LogP contribution in [0.25, 0.3) is 11.1 Å². The number of carbonyl (C=O) groups is 9. The van der Waals surface area contributed by atoms with Gasteiger partial charge in [0.15, 0.2) is 0 Å². The van der Waals surface area contributed by atoms with Gasteiger partial charge in [-0.25, -0.2) is 43.2 Å². The maximum atomic E-state index is 14.3. The molecule has 0 aliphatic rings. The van der Waals surface area contributed by atoms with Gasteiger partial charge in [-0.05, 0) is 279 Å². The second kappa shape index (κ2) is 57.9. The van der Waals surface area contributed by atoms with Crippen molar-refractivity contribution < 1.29 is 131 Å². The smallest absolute Gasteiger partial charge is 0.420 e. The Kier molecular flexibility index (Phi) is 46.7. The van der Waals surface area contributed by atoms with Gasteiger partial charge in [-0.15, -0.1) is 0 Å². The molecule has 128 heavy (non-hydrogen) atoms. The Hall–Kier alpha value is -13.5. The van der Waals surface area contributed by atoms with Gasteiger partial charge >= 0.3 is 66.1 Å². The first-order chi connectivity index (χ1) is 61.7. The Bertz CT molecular complexity index is 4570. The van der Waals surface area contributed by atoms with E-state index in [0.717, 1.165) is 127 Å². The molecule has 0 aliphatic heterocycles. The van der Waals surface area contributed by atoms with Crippen LogP contribution in [0.5, 0.6) is 46.0 Å². The van der Waals surface area contributed by atoms with Gasteiger partial charge in [-0.2, -0.15) is 26.3 Å². The minimum atomic E-state index is -5.70. The van der Waals surface area contributed by atoms with Gasteiger partial charge in [-0.3, -0.25) is 0 Å². The van der Waals surface area contributed by atoms with E-state index in [0.29, 0.717) is 130 Å². The molecule has 22 nitrogen and oxygen atoms in total. The molecule has 8 aromatic rings. The average molecular weight is 1780 g/mol.